The highest BCUT2D eigenvalue weighted by molar-refractivity contribution is 5.77. The van der Waals surface area contributed by atoms with Crippen molar-refractivity contribution in [3.05, 3.63) is 0 Å². The third-order valence-electron chi connectivity index (χ3n) is 4.68. The largest absolute Gasteiger partial charge is 0.481 e. The van der Waals surface area contributed by atoms with Gasteiger partial charge in [0.05, 0.1) is 0 Å². The van der Waals surface area contributed by atoms with E-state index in [0.717, 1.165) is 25.7 Å². The number of aliphatic carboxylic acids is 2. The molecule has 0 aromatic heterocycles. The summed E-state index contributed by atoms with van der Waals surface area (Å²) in [6.45, 7) is 3.02. The van der Waals surface area contributed by atoms with E-state index >= 15 is 0 Å². The minimum Gasteiger partial charge on any atom is -0.481 e. The molecule has 168 valence electrons. The fourth-order valence-corrected chi connectivity index (χ4v) is 2.85. The quantitative estimate of drug-likeness (QED) is 0.254. The maximum absolute atomic E-state index is 12.0. The van der Waals surface area contributed by atoms with E-state index in [0.29, 0.717) is 25.7 Å². The Hall–Kier alpha value is -2.12. The van der Waals surface area contributed by atoms with Crippen LogP contribution in [0.1, 0.15) is 90.9 Å². The van der Waals surface area contributed by atoms with Gasteiger partial charge in [-0.3, -0.25) is 19.2 Å². The molecule has 29 heavy (non-hydrogen) atoms. The van der Waals surface area contributed by atoms with Crippen molar-refractivity contribution in [3.63, 3.8) is 0 Å². The summed E-state index contributed by atoms with van der Waals surface area (Å²) in [7, 11) is 0. The highest BCUT2D eigenvalue weighted by atomic mass is 16.6. The lowest BCUT2D eigenvalue weighted by Crippen LogP contribution is -2.41. The number of hydrogen-bond acceptors (Lipinski definition) is 6. The molecule has 0 aliphatic heterocycles. The van der Waals surface area contributed by atoms with Gasteiger partial charge in [0, 0.05) is 19.3 Å². The molecule has 0 unspecified atom stereocenters. The van der Waals surface area contributed by atoms with Crippen LogP contribution in [0.5, 0.6) is 0 Å². The van der Waals surface area contributed by atoms with E-state index in [-0.39, 0.29) is 38.9 Å². The first-order valence-electron chi connectivity index (χ1n) is 10.5. The van der Waals surface area contributed by atoms with Crippen LogP contribution in [0.4, 0.5) is 0 Å². The number of carbonyl (C=O) groups is 4. The molecule has 0 bridgehead atoms. The number of ether oxygens (including phenoxy) is 2. The number of unbranched alkanes of at least 4 members (excludes halogenated alkanes) is 5. The Morgan fingerprint density at radius 2 is 1.14 bits per heavy atom. The summed E-state index contributed by atoms with van der Waals surface area (Å²) < 4.78 is 10.3. The van der Waals surface area contributed by atoms with Crippen LogP contribution >= 0.6 is 0 Å². The summed E-state index contributed by atoms with van der Waals surface area (Å²) in [4.78, 5) is 45.9. The molecule has 0 radical (unpaired) electrons. The van der Waals surface area contributed by atoms with Crippen molar-refractivity contribution in [2.24, 2.45) is 5.41 Å². The maximum atomic E-state index is 12.0. The van der Waals surface area contributed by atoms with Gasteiger partial charge in [0.2, 0.25) is 0 Å². The number of carboxylic acids is 2. The lowest BCUT2D eigenvalue weighted by Gasteiger charge is -2.28. The normalized spacial score (nSPS) is 11.1. The van der Waals surface area contributed by atoms with Crippen LogP contribution in [-0.4, -0.2) is 47.3 Å². The Labute approximate surface area is 172 Å². The molecule has 0 atom stereocenters. The Morgan fingerprint density at radius 3 is 1.55 bits per heavy atom. The van der Waals surface area contributed by atoms with Crippen LogP contribution in [0, 0.1) is 5.41 Å². The second kappa shape index (κ2) is 15.8. The van der Waals surface area contributed by atoms with Gasteiger partial charge in [0.1, 0.15) is 18.6 Å². The van der Waals surface area contributed by atoms with Crippen molar-refractivity contribution in [2.75, 3.05) is 13.2 Å². The summed E-state index contributed by atoms with van der Waals surface area (Å²) in [5.41, 5.74) is -1.45. The van der Waals surface area contributed by atoms with Gasteiger partial charge in [-0.25, -0.2) is 0 Å². The van der Waals surface area contributed by atoms with Crippen molar-refractivity contribution in [3.8, 4) is 0 Å². The molecule has 0 aliphatic carbocycles. The van der Waals surface area contributed by atoms with Crippen molar-refractivity contribution in [2.45, 2.75) is 90.9 Å². The summed E-state index contributed by atoms with van der Waals surface area (Å²) >= 11 is 0. The zero-order chi connectivity index (χ0) is 22.1. The smallest absolute Gasteiger partial charge is 0.316 e. The summed E-state index contributed by atoms with van der Waals surface area (Å²) in [6.07, 6.45) is 6.57. The number of hydrogen-bond donors (Lipinski definition) is 2. The molecule has 0 rings (SSSR count). The van der Waals surface area contributed by atoms with Crippen molar-refractivity contribution in [1.82, 2.24) is 0 Å². The monoisotopic (exact) mass is 416 g/mol. The molecule has 0 saturated carbocycles. The molecule has 8 heteroatoms. The molecule has 0 saturated heterocycles. The first kappa shape index (κ1) is 26.9. The van der Waals surface area contributed by atoms with Crippen LogP contribution in [-0.2, 0) is 28.7 Å². The van der Waals surface area contributed by atoms with E-state index in [1.807, 2.05) is 13.8 Å². The van der Waals surface area contributed by atoms with Crippen LogP contribution < -0.4 is 0 Å². The molecule has 0 aliphatic rings. The summed E-state index contributed by atoms with van der Waals surface area (Å²) in [5.74, 6) is -2.87. The van der Waals surface area contributed by atoms with E-state index < -0.39 is 29.3 Å². The predicted molar refractivity (Wildman–Crippen MR) is 106 cm³/mol. The van der Waals surface area contributed by atoms with Gasteiger partial charge in [-0.1, -0.05) is 46.0 Å². The highest BCUT2D eigenvalue weighted by Gasteiger charge is 2.41. The fraction of sp³-hybridized carbons (Fsp3) is 0.810. The maximum Gasteiger partial charge on any atom is 0.316 e. The lowest BCUT2D eigenvalue weighted by molar-refractivity contribution is -0.168. The second-order valence-corrected chi connectivity index (χ2v) is 7.42. The second-order valence-electron chi connectivity index (χ2n) is 7.42. The third-order valence-corrected chi connectivity index (χ3v) is 4.68. The van der Waals surface area contributed by atoms with Crippen molar-refractivity contribution in [1.29, 1.82) is 0 Å². The van der Waals surface area contributed by atoms with Gasteiger partial charge in [-0.2, -0.15) is 0 Å². The van der Waals surface area contributed by atoms with Crippen LogP contribution in [0.15, 0.2) is 0 Å². The highest BCUT2D eigenvalue weighted by Crippen LogP contribution is 2.28. The lowest BCUT2D eigenvalue weighted by atomic mass is 9.83. The third kappa shape index (κ3) is 12.9. The van der Waals surface area contributed by atoms with Gasteiger partial charge in [-0.15, -0.1) is 0 Å². The van der Waals surface area contributed by atoms with Crippen LogP contribution in [0.25, 0.3) is 0 Å². The van der Waals surface area contributed by atoms with Crippen molar-refractivity contribution >= 4 is 23.9 Å². The SMILES string of the molecule is CCCC(=O)OCC(CCCCCCCCC(=O)O)(COC(=O)CCC)C(=O)O. The standard InChI is InChI=1S/C21H36O8/c1-3-11-18(24)28-15-21(20(26)27,16-29-19(25)12-4-2)14-10-8-6-5-7-9-13-17(22)23/h3-16H2,1-2H3,(H,22,23)(H,26,27). The van der Waals surface area contributed by atoms with E-state index in [4.69, 9.17) is 14.6 Å². The van der Waals surface area contributed by atoms with E-state index in [1.165, 1.54) is 0 Å². The first-order valence-corrected chi connectivity index (χ1v) is 10.5. The average molecular weight is 417 g/mol. The van der Waals surface area contributed by atoms with Gasteiger partial charge in [0.15, 0.2) is 0 Å². The molecule has 0 heterocycles. The Morgan fingerprint density at radius 1 is 0.690 bits per heavy atom. The molecular formula is C21H36O8. The van der Waals surface area contributed by atoms with Gasteiger partial charge in [0.25, 0.3) is 0 Å². The van der Waals surface area contributed by atoms with E-state index in [1.54, 1.807) is 0 Å². The molecule has 0 aromatic rings. The van der Waals surface area contributed by atoms with E-state index in [9.17, 15) is 24.3 Å². The van der Waals surface area contributed by atoms with E-state index in [2.05, 4.69) is 0 Å². The number of carboxylic acid groups (broad SMARTS) is 2. The summed E-state index contributed by atoms with van der Waals surface area (Å²) in [5, 5.41) is 18.4. The van der Waals surface area contributed by atoms with Crippen molar-refractivity contribution < 1.29 is 38.9 Å². The molecule has 2 N–H and O–H groups in total. The average Bonchev–Trinajstić information content (AvgIpc) is 2.65. The Kier molecular flexibility index (Phi) is 14.6. The predicted octanol–water partition coefficient (Wildman–Crippen LogP) is 3.95. The Bertz CT molecular complexity index is 493. The van der Waals surface area contributed by atoms with Crippen LogP contribution in [0.3, 0.4) is 0 Å². The summed E-state index contributed by atoms with van der Waals surface area (Å²) in [6, 6.07) is 0. The van der Waals surface area contributed by atoms with Crippen LogP contribution in [0.2, 0.25) is 0 Å². The zero-order valence-corrected chi connectivity index (χ0v) is 17.7. The molecule has 8 nitrogen and oxygen atoms in total. The number of rotatable bonds is 18. The fourth-order valence-electron chi connectivity index (χ4n) is 2.85. The molecule has 0 spiro atoms. The van der Waals surface area contributed by atoms with Gasteiger partial charge >= 0.3 is 23.9 Å². The number of esters is 2. The minimum absolute atomic E-state index is 0.161. The van der Waals surface area contributed by atoms with Gasteiger partial charge in [-0.05, 0) is 25.7 Å². The first-order chi connectivity index (χ1) is 13.8. The topological polar surface area (TPSA) is 127 Å². The molecule has 0 amide bonds. The molecular weight excluding hydrogens is 380 g/mol. The zero-order valence-electron chi connectivity index (χ0n) is 17.7. The Balaban J connectivity index is 4.69. The minimum atomic E-state index is -1.45. The molecule has 0 fully saturated rings. The molecule has 0 aromatic carbocycles. The van der Waals surface area contributed by atoms with Gasteiger partial charge < -0.3 is 19.7 Å². The number of carbonyl (C=O) groups excluding carboxylic acids is 2.